The van der Waals surface area contributed by atoms with Gasteiger partial charge >= 0.3 is 0 Å². The summed E-state index contributed by atoms with van der Waals surface area (Å²) in [4.78, 5) is -0.0334. The average Bonchev–Trinajstić information content (AvgIpc) is 2.42. The summed E-state index contributed by atoms with van der Waals surface area (Å²) in [6.07, 6.45) is 0. The van der Waals surface area contributed by atoms with Crippen molar-refractivity contribution in [2.24, 2.45) is 0 Å². The van der Waals surface area contributed by atoms with Crippen molar-refractivity contribution in [2.75, 3.05) is 11.3 Å². The Hall–Kier alpha value is -1.79. The van der Waals surface area contributed by atoms with E-state index in [1.54, 1.807) is 6.07 Å². The van der Waals surface area contributed by atoms with E-state index in [2.05, 4.69) is 4.72 Å². The number of sulfonamides is 1. The van der Waals surface area contributed by atoms with Crippen LogP contribution in [0.1, 0.15) is 6.92 Å². The molecule has 0 unspecified atom stereocenters. The molecule has 7 heteroatoms. The summed E-state index contributed by atoms with van der Waals surface area (Å²) in [5, 5.41) is 0.302. The fraction of sp³-hybridized carbons (Fsp3) is 0.143. The van der Waals surface area contributed by atoms with Gasteiger partial charge in [-0.15, -0.1) is 0 Å². The van der Waals surface area contributed by atoms with Crippen molar-refractivity contribution in [1.29, 1.82) is 0 Å². The molecule has 0 amide bonds. The van der Waals surface area contributed by atoms with Gasteiger partial charge in [-0.3, -0.25) is 4.72 Å². The number of rotatable bonds is 5. The Labute approximate surface area is 127 Å². The van der Waals surface area contributed by atoms with Crippen LogP contribution in [0.25, 0.3) is 0 Å². The molecule has 21 heavy (non-hydrogen) atoms. The maximum Gasteiger partial charge on any atom is 0.261 e. The molecule has 0 heterocycles. The maximum absolute atomic E-state index is 12.8. The lowest BCUT2D eigenvalue weighted by atomic mass is 10.3. The van der Waals surface area contributed by atoms with Gasteiger partial charge in [-0.25, -0.2) is 12.8 Å². The molecule has 0 fully saturated rings. The third-order valence-corrected chi connectivity index (χ3v) is 4.30. The van der Waals surface area contributed by atoms with Crippen LogP contribution >= 0.6 is 11.6 Å². The summed E-state index contributed by atoms with van der Waals surface area (Å²) >= 11 is 5.99. The van der Waals surface area contributed by atoms with Gasteiger partial charge in [0.2, 0.25) is 0 Å². The molecule has 2 aromatic carbocycles. The van der Waals surface area contributed by atoms with Gasteiger partial charge < -0.3 is 4.74 Å². The van der Waals surface area contributed by atoms with Gasteiger partial charge in [-0.2, -0.15) is 0 Å². The Morgan fingerprint density at radius 1 is 1.19 bits per heavy atom. The smallest absolute Gasteiger partial charge is 0.261 e. The van der Waals surface area contributed by atoms with Crippen molar-refractivity contribution >= 4 is 27.3 Å². The Balaban J connectivity index is 2.24. The third-order valence-electron chi connectivity index (χ3n) is 2.61. The summed E-state index contributed by atoms with van der Waals surface area (Å²) in [6.45, 7) is 2.28. The molecular weight excluding hydrogens is 317 g/mol. The van der Waals surface area contributed by atoms with E-state index in [0.29, 0.717) is 23.1 Å². The minimum Gasteiger partial charge on any atom is -0.492 e. The van der Waals surface area contributed by atoms with Crippen LogP contribution < -0.4 is 9.46 Å². The number of ether oxygens (including phenoxy) is 1. The largest absolute Gasteiger partial charge is 0.492 e. The van der Waals surface area contributed by atoms with E-state index in [1.807, 2.05) is 6.92 Å². The first-order chi connectivity index (χ1) is 9.92. The Bertz CT molecular complexity index is 732. The highest BCUT2D eigenvalue weighted by Gasteiger charge is 2.15. The molecule has 0 aliphatic heterocycles. The van der Waals surface area contributed by atoms with Crippen LogP contribution in [0, 0.1) is 5.82 Å². The van der Waals surface area contributed by atoms with Crippen molar-refractivity contribution in [3.8, 4) is 5.75 Å². The number of benzene rings is 2. The normalized spacial score (nSPS) is 11.2. The van der Waals surface area contributed by atoms with Crippen molar-refractivity contribution in [3.63, 3.8) is 0 Å². The molecule has 0 aromatic heterocycles. The Morgan fingerprint density at radius 3 is 2.43 bits per heavy atom. The second kappa shape index (κ2) is 6.32. The molecule has 0 radical (unpaired) electrons. The molecule has 4 nitrogen and oxygen atoms in total. The second-order valence-electron chi connectivity index (χ2n) is 4.14. The van der Waals surface area contributed by atoms with Crippen LogP contribution in [0.5, 0.6) is 5.75 Å². The first kappa shape index (κ1) is 15.6. The van der Waals surface area contributed by atoms with Gasteiger partial charge in [0.05, 0.1) is 22.2 Å². The molecule has 0 atom stereocenters. The van der Waals surface area contributed by atoms with Gasteiger partial charge in [0.1, 0.15) is 11.6 Å². The van der Waals surface area contributed by atoms with Gasteiger partial charge in [0, 0.05) is 0 Å². The van der Waals surface area contributed by atoms with Crippen LogP contribution in [0.2, 0.25) is 5.02 Å². The van der Waals surface area contributed by atoms with Crippen LogP contribution in [0.15, 0.2) is 47.4 Å². The van der Waals surface area contributed by atoms with Crippen LogP contribution in [-0.2, 0) is 10.0 Å². The van der Waals surface area contributed by atoms with E-state index in [9.17, 15) is 12.8 Å². The fourth-order valence-electron chi connectivity index (χ4n) is 1.66. The molecule has 0 aliphatic rings. The van der Waals surface area contributed by atoms with E-state index in [4.69, 9.17) is 16.3 Å². The molecule has 0 aliphatic carbocycles. The van der Waals surface area contributed by atoms with Gasteiger partial charge in [-0.05, 0) is 49.4 Å². The van der Waals surface area contributed by atoms with Gasteiger partial charge in [0.25, 0.3) is 10.0 Å². The van der Waals surface area contributed by atoms with Crippen molar-refractivity contribution < 1.29 is 17.5 Å². The number of anilines is 1. The van der Waals surface area contributed by atoms with E-state index in [-0.39, 0.29) is 4.90 Å². The minimum absolute atomic E-state index is 0.0334. The van der Waals surface area contributed by atoms with Crippen LogP contribution in [0.3, 0.4) is 0 Å². The molecule has 0 saturated heterocycles. The van der Waals surface area contributed by atoms with Crippen molar-refractivity contribution in [2.45, 2.75) is 11.8 Å². The van der Waals surface area contributed by atoms with Gasteiger partial charge in [0.15, 0.2) is 0 Å². The number of nitrogens with one attached hydrogen (secondary N) is 1. The van der Waals surface area contributed by atoms with E-state index < -0.39 is 15.8 Å². The lowest BCUT2D eigenvalue weighted by Crippen LogP contribution is -2.12. The van der Waals surface area contributed by atoms with Crippen molar-refractivity contribution in [3.05, 3.63) is 53.3 Å². The molecule has 0 bridgehead atoms. The number of halogens is 2. The van der Waals surface area contributed by atoms with E-state index in [0.717, 1.165) is 12.1 Å². The summed E-state index contributed by atoms with van der Waals surface area (Å²) in [7, 11) is -3.79. The second-order valence-corrected chi connectivity index (χ2v) is 6.23. The zero-order chi connectivity index (χ0) is 15.5. The van der Waals surface area contributed by atoms with Crippen molar-refractivity contribution in [1.82, 2.24) is 0 Å². The molecular formula is C14H13ClFNO3S. The maximum atomic E-state index is 12.8. The lowest BCUT2D eigenvalue weighted by Gasteiger charge is -2.10. The van der Waals surface area contributed by atoms with Gasteiger partial charge in [-0.1, -0.05) is 11.6 Å². The molecule has 0 spiro atoms. The van der Waals surface area contributed by atoms with E-state index in [1.165, 1.54) is 24.3 Å². The molecule has 2 aromatic rings. The SMILES string of the molecule is CCOc1ccc(NS(=O)(=O)c2ccc(F)cc2)cc1Cl. The average molecular weight is 330 g/mol. The van der Waals surface area contributed by atoms with E-state index >= 15 is 0 Å². The standard InChI is InChI=1S/C14H13ClFNO3S/c1-2-20-14-8-5-11(9-13(14)15)17-21(18,19)12-6-3-10(16)4-7-12/h3-9,17H,2H2,1H3. The minimum atomic E-state index is -3.79. The number of hydrogen-bond acceptors (Lipinski definition) is 3. The Kier molecular flexibility index (Phi) is 4.69. The third kappa shape index (κ3) is 3.86. The summed E-state index contributed by atoms with van der Waals surface area (Å²) in [5.41, 5.74) is 0.299. The molecule has 1 N–H and O–H groups in total. The van der Waals surface area contributed by atoms with Crippen LogP contribution in [0.4, 0.5) is 10.1 Å². The lowest BCUT2D eigenvalue weighted by molar-refractivity contribution is 0.340. The number of hydrogen-bond donors (Lipinski definition) is 1. The zero-order valence-corrected chi connectivity index (χ0v) is 12.7. The summed E-state index contributed by atoms with van der Waals surface area (Å²) in [6, 6.07) is 9.11. The molecule has 112 valence electrons. The monoisotopic (exact) mass is 329 g/mol. The quantitative estimate of drug-likeness (QED) is 0.910. The molecule has 0 saturated carbocycles. The summed E-state index contributed by atoms with van der Waals surface area (Å²) < 4.78 is 44.7. The zero-order valence-electron chi connectivity index (χ0n) is 11.1. The highest BCUT2D eigenvalue weighted by molar-refractivity contribution is 7.92. The predicted molar refractivity (Wildman–Crippen MR) is 79.8 cm³/mol. The first-order valence-corrected chi connectivity index (χ1v) is 7.99. The summed E-state index contributed by atoms with van der Waals surface area (Å²) in [5.74, 6) is -0.0260. The Morgan fingerprint density at radius 2 is 1.86 bits per heavy atom. The highest BCUT2D eigenvalue weighted by Crippen LogP contribution is 2.28. The highest BCUT2D eigenvalue weighted by atomic mass is 35.5. The first-order valence-electron chi connectivity index (χ1n) is 6.13. The predicted octanol–water partition coefficient (Wildman–Crippen LogP) is 3.68. The molecule has 2 rings (SSSR count). The fourth-order valence-corrected chi connectivity index (χ4v) is 2.95. The topological polar surface area (TPSA) is 55.4 Å². The van der Waals surface area contributed by atoms with Crippen LogP contribution in [-0.4, -0.2) is 15.0 Å².